The lowest BCUT2D eigenvalue weighted by atomic mass is 10.0. The lowest BCUT2D eigenvalue weighted by Gasteiger charge is -2.36. The highest BCUT2D eigenvalue weighted by Gasteiger charge is 2.26. The van der Waals surface area contributed by atoms with Gasteiger partial charge in [-0.2, -0.15) is 0 Å². The molecule has 2 atom stereocenters. The number of nitrogens with zero attached hydrogens (tertiary/aromatic N) is 3. The number of rotatable bonds is 4. The molecule has 1 fully saturated rings. The second kappa shape index (κ2) is 9.35. The van der Waals surface area contributed by atoms with E-state index in [1.54, 1.807) is 0 Å². The Bertz CT molecular complexity index is 459. The van der Waals surface area contributed by atoms with E-state index in [2.05, 4.69) is 10.1 Å². The van der Waals surface area contributed by atoms with Gasteiger partial charge in [-0.15, -0.1) is 24.8 Å². The van der Waals surface area contributed by atoms with Crippen LogP contribution in [-0.4, -0.2) is 53.1 Å². The Labute approximate surface area is 144 Å². The molecule has 22 heavy (non-hydrogen) atoms. The van der Waals surface area contributed by atoms with Crippen molar-refractivity contribution in [2.75, 3.05) is 26.2 Å². The molecule has 2 rings (SSSR count). The normalized spacial score (nSPS) is 18.1. The molecular formula is C14H26Cl2N4O2. The van der Waals surface area contributed by atoms with Crippen LogP contribution in [0.1, 0.15) is 25.3 Å². The average molecular weight is 353 g/mol. The highest BCUT2D eigenvalue weighted by Crippen LogP contribution is 2.12. The summed E-state index contributed by atoms with van der Waals surface area (Å²) in [5.41, 5.74) is 6.75. The van der Waals surface area contributed by atoms with Gasteiger partial charge in [0.1, 0.15) is 5.76 Å². The van der Waals surface area contributed by atoms with Gasteiger partial charge in [0.2, 0.25) is 5.91 Å². The van der Waals surface area contributed by atoms with E-state index in [-0.39, 0.29) is 42.7 Å². The zero-order valence-electron chi connectivity index (χ0n) is 13.3. The minimum atomic E-state index is -0.111. The van der Waals surface area contributed by atoms with E-state index in [0.717, 1.165) is 44.2 Å². The molecule has 1 saturated heterocycles. The molecule has 8 heteroatoms. The van der Waals surface area contributed by atoms with E-state index in [1.807, 2.05) is 31.7 Å². The lowest BCUT2D eigenvalue weighted by molar-refractivity contribution is -0.137. The number of hydrogen-bond donors (Lipinski definition) is 1. The molecule has 1 aliphatic heterocycles. The van der Waals surface area contributed by atoms with Gasteiger partial charge in [0.05, 0.1) is 11.6 Å². The molecule has 0 radical (unpaired) electrons. The molecule has 1 aromatic rings. The summed E-state index contributed by atoms with van der Waals surface area (Å²) in [4.78, 5) is 16.4. The zero-order chi connectivity index (χ0) is 14.7. The fraction of sp³-hybridized carbons (Fsp3) is 0.714. The van der Waals surface area contributed by atoms with E-state index >= 15 is 0 Å². The monoisotopic (exact) mass is 352 g/mol. The summed E-state index contributed by atoms with van der Waals surface area (Å²) < 4.78 is 5.07. The second-order valence-electron chi connectivity index (χ2n) is 5.68. The summed E-state index contributed by atoms with van der Waals surface area (Å²) in [5.74, 6) is 0.885. The summed E-state index contributed by atoms with van der Waals surface area (Å²) in [6.07, 6.45) is 0. The number of halogens is 2. The van der Waals surface area contributed by atoms with E-state index in [1.165, 1.54) is 0 Å². The van der Waals surface area contributed by atoms with E-state index in [0.29, 0.717) is 0 Å². The first-order valence-corrected chi connectivity index (χ1v) is 7.16. The fourth-order valence-corrected chi connectivity index (χ4v) is 2.36. The Morgan fingerprint density at radius 1 is 1.32 bits per heavy atom. The molecule has 1 aromatic heterocycles. The van der Waals surface area contributed by atoms with Crippen LogP contribution in [0.2, 0.25) is 0 Å². The highest BCUT2D eigenvalue weighted by atomic mass is 35.5. The number of aryl methyl sites for hydroxylation is 1. The van der Waals surface area contributed by atoms with Crippen LogP contribution in [-0.2, 0) is 11.3 Å². The highest BCUT2D eigenvalue weighted by molar-refractivity contribution is 5.85. The first kappa shape index (κ1) is 21.2. The first-order valence-electron chi connectivity index (χ1n) is 7.16. The van der Waals surface area contributed by atoms with Crippen molar-refractivity contribution in [2.24, 2.45) is 11.7 Å². The molecule has 128 valence electrons. The number of carbonyl (C=O) groups excluding carboxylic acids is 1. The molecule has 0 spiro atoms. The van der Waals surface area contributed by atoms with Gasteiger partial charge in [-0.05, 0) is 13.8 Å². The van der Waals surface area contributed by atoms with Crippen LogP contribution in [0.5, 0.6) is 0 Å². The van der Waals surface area contributed by atoms with Crippen LogP contribution in [0.4, 0.5) is 0 Å². The van der Waals surface area contributed by atoms with Crippen LogP contribution >= 0.6 is 24.8 Å². The van der Waals surface area contributed by atoms with Crippen molar-refractivity contribution in [1.82, 2.24) is 15.0 Å². The summed E-state index contributed by atoms with van der Waals surface area (Å²) in [6, 6.07) is 1.86. The van der Waals surface area contributed by atoms with E-state index < -0.39 is 0 Å². The molecule has 0 bridgehead atoms. The number of amides is 1. The molecule has 2 N–H and O–H groups in total. The van der Waals surface area contributed by atoms with Crippen LogP contribution in [0.3, 0.4) is 0 Å². The predicted molar refractivity (Wildman–Crippen MR) is 90.4 cm³/mol. The van der Waals surface area contributed by atoms with Crippen LogP contribution in [0, 0.1) is 12.8 Å². The topological polar surface area (TPSA) is 75.6 Å². The third-order valence-electron chi connectivity index (χ3n) is 3.92. The quantitative estimate of drug-likeness (QED) is 0.887. The Hall–Kier alpha value is -0.820. The molecule has 0 aromatic carbocycles. The number of aromatic nitrogens is 1. The molecule has 2 unspecified atom stereocenters. The molecular weight excluding hydrogens is 327 g/mol. The Morgan fingerprint density at radius 2 is 1.91 bits per heavy atom. The standard InChI is InChI=1S/C14H24N4O2.2ClH/c1-10-8-13(16-20-10)9-17-4-6-18(7-5-17)14(19)11(2)12(3)15;;/h8,11-12H,4-7,9,15H2,1-3H3;2*1H. The lowest BCUT2D eigenvalue weighted by Crippen LogP contribution is -2.51. The summed E-state index contributed by atoms with van der Waals surface area (Å²) in [5, 5.41) is 4.00. The van der Waals surface area contributed by atoms with E-state index in [4.69, 9.17) is 10.3 Å². The van der Waals surface area contributed by atoms with Gasteiger partial charge in [-0.3, -0.25) is 9.69 Å². The fourth-order valence-electron chi connectivity index (χ4n) is 2.36. The minimum Gasteiger partial charge on any atom is -0.361 e. The Morgan fingerprint density at radius 3 is 2.36 bits per heavy atom. The summed E-state index contributed by atoms with van der Waals surface area (Å²) in [7, 11) is 0. The molecule has 1 amide bonds. The van der Waals surface area contributed by atoms with Crippen molar-refractivity contribution >= 4 is 30.7 Å². The maximum absolute atomic E-state index is 12.2. The van der Waals surface area contributed by atoms with Gasteiger partial charge < -0.3 is 15.2 Å². The molecule has 2 heterocycles. The van der Waals surface area contributed by atoms with Crippen molar-refractivity contribution in [3.63, 3.8) is 0 Å². The number of carbonyl (C=O) groups is 1. The Kier molecular flexibility index (Phi) is 9.00. The number of hydrogen-bond acceptors (Lipinski definition) is 5. The second-order valence-corrected chi connectivity index (χ2v) is 5.68. The van der Waals surface area contributed by atoms with Crippen LogP contribution in [0.15, 0.2) is 10.6 Å². The van der Waals surface area contributed by atoms with Gasteiger partial charge in [0.15, 0.2) is 0 Å². The van der Waals surface area contributed by atoms with Crippen LogP contribution < -0.4 is 5.73 Å². The number of nitrogens with two attached hydrogens (primary N) is 1. The SMILES string of the molecule is Cc1cc(CN2CCN(C(=O)C(C)C(C)N)CC2)no1.Cl.Cl. The third kappa shape index (κ3) is 5.43. The third-order valence-corrected chi connectivity index (χ3v) is 3.92. The molecule has 6 nitrogen and oxygen atoms in total. The minimum absolute atomic E-state index is 0. The van der Waals surface area contributed by atoms with Gasteiger partial charge in [0.25, 0.3) is 0 Å². The zero-order valence-corrected chi connectivity index (χ0v) is 15.0. The maximum atomic E-state index is 12.2. The van der Waals surface area contributed by atoms with Crippen LogP contribution in [0.25, 0.3) is 0 Å². The average Bonchev–Trinajstić information content (AvgIpc) is 2.83. The van der Waals surface area contributed by atoms with Crippen molar-refractivity contribution < 1.29 is 9.32 Å². The van der Waals surface area contributed by atoms with Gasteiger partial charge in [-0.25, -0.2) is 0 Å². The van der Waals surface area contributed by atoms with E-state index in [9.17, 15) is 4.79 Å². The Balaban J connectivity index is 0.00000220. The summed E-state index contributed by atoms with van der Waals surface area (Å²) in [6.45, 7) is 9.69. The van der Waals surface area contributed by atoms with Crippen molar-refractivity contribution in [1.29, 1.82) is 0 Å². The summed E-state index contributed by atoms with van der Waals surface area (Å²) >= 11 is 0. The first-order chi connectivity index (χ1) is 9.47. The van der Waals surface area contributed by atoms with Crippen molar-refractivity contribution in [3.8, 4) is 0 Å². The van der Waals surface area contributed by atoms with Gasteiger partial charge in [0, 0.05) is 44.8 Å². The smallest absolute Gasteiger partial charge is 0.227 e. The van der Waals surface area contributed by atoms with Gasteiger partial charge >= 0.3 is 0 Å². The molecule has 0 saturated carbocycles. The maximum Gasteiger partial charge on any atom is 0.227 e. The predicted octanol–water partition coefficient (Wildman–Crippen LogP) is 1.45. The molecule has 0 aliphatic carbocycles. The van der Waals surface area contributed by atoms with Crippen molar-refractivity contribution in [2.45, 2.75) is 33.4 Å². The largest absolute Gasteiger partial charge is 0.361 e. The van der Waals surface area contributed by atoms with Crippen molar-refractivity contribution in [3.05, 3.63) is 17.5 Å². The number of piperazine rings is 1. The molecule has 1 aliphatic rings. The van der Waals surface area contributed by atoms with Gasteiger partial charge in [-0.1, -0.05) is 12.1 Å².